The Bertz CT molecular complexity index is 2420. The van der Waals surface area contributed by atoms with Gasteiger partial charge in [0, 0.05) is 29.8 Å². The van der Waals surface area contributed by atoms with Gasteiger partial charge in [0.1, 0.15) is 66.4 Å². The predicted octanol–water partition coefficient (Wildman–Crippen LogP) is 8.57. The van der Waals surface area contributed by atoms with Gasteiger partial charge in [-0.25, -0.2) is 27.2 Å². The molecule has 3 saturated heterocycles. The molecule has 392 valence electrons. The van der Waals surface area contributed by atoms with Gasteiger partial charge in [-0.3, -0.25) is 0 Å². The topological polar surface area (TPSA) is 184 Å². The lowest BCUT2D eigenvalue weighted by Crippen LogP contribution is -2.51. The second kappa shape index (κ2) is 23.4. The molecule has 0 radical (unpaired) electrons. The van der Waals surface area contributed by atoms with Crippen molar-refractivity contribution in [2.24, 2.45) is 5.73 Å². The van der Waals surface area contributed by atoms with Crippen molar-refractivity contribution in [1.82, 2.24) is 16.0 Å². The van der Waals surface area contributed by atoms with Gasteiger partial charge >= 0.3 is 12.2 Å². The summed E-state index contributed by atoms with van der Waals surface area (Å²) in [6, 6.07) is 21.8. The molecule has 9 rings (SSSR count). The van der Waals surface area contributed by atoms with E-state index in [1.165, 1.54) is 35.4 Å². The summed E-state index contributed by atoms with van der Waals surface area (Å²) in [6.07, 6.45) is 1.80. The van der Waals surface area contributed by atoms with E-state index in [0.717, 1.165) is 48.9 Å². The molecule has 0 spiro atoms. The molecule has 18 heteroatoms. The van der Waals surface area contributed by atoms with Gasteiger partial charge in [-0.2, -0.15) is 0 Å². The van der Waals surface area contributed by atoms with Crippen molar-refractivity contribution in [2.45, 2.75) is 139 Å². The van der Waals surface area contributed by atoms with Crippen molar-refractivity contribution in [3.8, 4) is 0 Å². The van der Waals surface area contributed by atoms with Gasteiger partial charge in [-0.1, -0.05) is 48.5 Å². The van der Waals surface area contributed by atoms with Crippen LogP contribution in [-0.2, 0) is 57.1 Å². The molecule has 6 atom stereocenters. The summed E-state index contributed by atoms with van der Waals surface area (Å²) in [5.41, 5.74) is 9.79. The second-order valence-corrected chi connectivity index (χ2v) is 21.1. The zero-order valence-corrected chi connectivity index (χ0v) is 41.7. The summed E-state index contributed by atoms with van der Waals surface area (Å²) in [5, 5.41) is 19.9. The number of alkyl carbamates (subject to hydrolysis) is 2. The van der Waals surface area contributed by atoms with E-state index in [-0.39, 0.29) is 61.6 Å². The molecule has 5 fully saturated rings. The largest absolute Gasteiger partial charge is 0.444 e. The number of benzene rings is 4. The fraction of sp³-hybridized carbons (Fsp3) is 0.519. The Kier molecular flexibility index (Phi) is 17.7. The molecule has 6 N–H and O–H groups in total. The van der Waals surface area contributed by atoms with Gasteiger partial charge in [0.25, 0.3) is 0 Å². The number of epoxide rings is 1. The second-order valence-electron chi connectivity index (χ2n) is 21.1. The summed E-state index contributed by atoms with van der Waals surface area (Å²) in [7, 11) is 0. The molecule has 0 bridgehead atoms. The average molecular weight is 1010 g/mol. The fourth-order valence-corrected chi connectivity index (χ4v) is 8.43. The first kappa shape index (κ1) is 54.6. The molecule has 2 saturated carbocycles. The van der Waals surface area contributed by atoms with E-state index in [2.05, 4.69) is 46.3 Å². The number of aliphatic hydroxyl groups is 1. The number of hydrogen-bond acceptors (Lipinski definition) is 12. The molecule has 3 heterocycles. The summed E-state index contributed by atoms with van der Waals surface area (Å²) < 4.78 is 91.2. The molecule has 3 aliphatic heterocycles. The minimum atomic E-state index is -1.05. The third kappa shape index (κ3) is 16.7. The Hall–Kier alpha value is -5.18. The Balaban J connectivity index is 0.000000177. The highest BCUT2D eigenvalue weighted by Gasteiger charge is 2.45. The van der Waals surface area contributed by atoms with E-state index in [1.54, 1.807) is 41.5 Å². The number of nitrogens with two attached hydrogens (primary N) is 1. The summed E-state index contributed by atoms with van der Waals surface area (Å²) >= 11 is 0. The zero-order valence-electron chi connectivity index (χ0n) is 41.7. The number of ether oxygens (including phenoxy) is 7. The third-order valence-electron chi connectivity index (χ3n) is 12.5. The highest BCUT2D eigenvalue weighted by Crippen LogP contribution is 2.46. The molecule has 5 aliphatic rings. The molecular weight excluding hydrogens is 941 g/mol. The smallest absolute Gasteiger partial charge is 0.407 e. The highest BCUT2D eigenvalue weighted by molar-refractivity contribution is 5.68. The number of rotatable bonds is 15. The standard InChI is InChI=1S/C27H34F2N2O5.C15H19F2NO3.C12H15NO2/c1-26(2,3)36-25(33)31-22(11-17-9-20(28)13-21(29)10-17)23(32)14-30-27(7-8-27)19-6-4-5-18(12-19)24-15-34-16-35-24;1-15(2,3)21-14(19)18-12(13-8-20-13)6-9-4-10(16)7-11(17)5-9;13-12(4-5-12)10-3-1-2-9(6-10)11-7-14-8-15-11/h4-6,9-10,12-13,22-24,30,32H,7-8,11,14-16H2,1-3H3,(H,31,33);4-5,7,12-13H,6,8H2,1-3H3,(H,18,19);1-3,6,11H,4-5,7-8,13H2. The van der Waals surface area contributed by atoms with E-state index >= 15 is 0 Å². The van der Waals surface area contributed by atoms with Crippen LogP contribution in [0.4, 0.5) is 27.2 Å². The number of hydrogen-bond donors (Lipinski definition) is 5. The van der Waals surface area contributed by atoms with Gasteiger partial charge in [0.15, 0.2) is 0 Å². The SMILES string of the molecule is CC(C)(C)OC(=O)NC(Cc1cc(F)cc(F)c1)C(O)CNC1(c2cccc(C3COCO3)c2)CC1.CC(C)(C)OC(=O)NC(Cc1cc(F)cc(F)c1)C1CO1.NC1(c2cccc(C3COCO3)c2)CC1. The van der Waals surface area contributed by atoms with Crippen LogP contribution >= 0.6 is 0 Å². The van der Waals surface area contributed by atoms with Gasteiger partial charge in [-0.15, -0.1) is 0 Å². The van der Waals surface area contributed by atoms with Crippen molar-refractivity contribution in [1.29, 1.82) is 0 Å². The number of carbonyl (C=O) groups is 2. The van der Waals surface area contributed by atoms with Crippen LogP contribution in [0.1, 0.15) is 113 Å². The van der Waals surface area contributed by atoms with Gasteiger partial charge in [0.05, 0.1) is 38.0 Å². The third-order valence-corrected chi connectivity index (χ3v) is 12.5. The van der Waals surface area contributed by atoms with Crippen LogP contribution in [0.25, 0.3) is 0 Å². The summed E-state index contributed by atoms with van der Waals surface area (Å²) in [4.78, 5) is 24.2. The van der Waals surface area contributed by atoms with Crippen LogP contribution in [0.15, 0.2) is 84.9 Å². The number of nitrogens with one attached hydrogen (secondary N) is 3. The van der Waals surface area contributed by atoms with Crippen molar-refractivity contribution in [3.05, 3.63) is 142 Å². The molecular formula is C54H68F4N4O10. The van der Waals surface area contributed by atoms with Crippen molar-refractivity contribution in [2.75, 3.05) is 40.0 Å². The van der Waals surface area contributed by atoms with Crippen LogP contribution in [-0.4, -0.2) is 92.7 Å². The molecule has 4 aromatic rings. The van der Waals surface area contributed by atoms with Gasteiger partial charge < -0.3 is 59.9 Å². The molecule has 2 amide bonds. The minimum Gasteiger partial charge on any atom is -0.444 e. The van der Waals surface area contributed by atoms with Gasteiger partial charge in [0.2, 0.25) is 0 Å². The molecule has 6 unspecified atom stereocenters. The Morgan fingerprint density at radius 1 is 0.667 bits per heavy atom. The average Bonchev–Trinajstić information content (AvgIpc) is 4.27. The number of halogens is 4. The fourth-order valence-electron chi connectivity index (χ4n) is 8.43. The maximum atomic E-state index is 13.8. The van der Waals surface area contributed by atoms with Crippen LogP contribution in [0.2, 0.25) is 0 Å². The first-order chi connectivity index (χ1) is 34.0. The lowest BCUT2D eigenvalue weighted by Gasteiger charge is -2.29. The van der Waals surface area contributed by atoms with E-state index in [9.17, 15) is 32.3 Å². The first-order valence-corrected chi connectivity index (χ1v) is 24.4. The Morgan fingerprint density at radius 3 is 1.58 bits per heavy atom. The summed E-state index contributed by atoms with van der Waals surface area (Å²) in [5.74, 6) is -2.72. The van der Waals surface area contributed by atoms with E-state index in [4.69, 9.17) is 38.9 Å². The predicted molar refractivity (Wildman–Crippen MR) is 258 cm³/mol. The summed E-state index contributed by atoms with van der Waals surface area (Å²) in [6.45, 7) is 13.0. The lowest BCUT2D eigenvalue weighted by atomic mass is 9.98. The molecule has 14 nitrogen and oxygen atoms in total. The monoisotopic (exact) mass is 1010 g/mol. The van der Waals surface area contributed by atoms with Crippen molar-refractivity contribution in [3.63, 3.8) is 0 Å². The first-order valence-electron chi connectivity index (χ1n) is 24.4. The zero-order chi connectivity index (χ0) is 51.8. The highest BCUT2D eigenvalue weighted by atomic mass is 19.1. The maximum Gasteiger partial charge on any atom is 0.407 e. The van der Waals surface area contributed by atoms with Crippen LogP contribution < -0.4 is 21.7 Å². The van der Waals surface area contributed by atoms with E-state index < -0.39 is 58.8 Å². The number of aliphatic hydroxyl groups excluding tert-OH is 1. The molecule has 0 aromatic heterocycles. The molecule has 72 heavy (non-hydrogen) atoms. The normalized spacial score (nSPS) is 21.6. The number of carbonyl (C=O) groups excluding carboxylic acids is 2. The Morgan fingerprint density at radius 2 is 1.14 bits per heavy atom. The molecule has 4 aromatic carbocycles. The minimum absolute atomic E-state index is 0.0261. The van der Waals surface area contributed by atoms with Crippen molar-refractivity contribution >= 4 is 12.2 Å². The quantitative estimate of drug-likeness (QED) is 0.0566. The Labute approximate surface area is 418 Å². The van der Waals surface area contributed by atoms with E-state index in [1.807, 2.05) is 18.2 Å². The van der Waals surface area contributed by atoms with Crippen LogP contribution in [0, 0.1) is 23.3 Å². The lowest BCUT2D eigenvalue weighted by molar-refractivity contribution is 0.0417. The van der Waals surface area contributed by atoms with Gasteiger partial charge in [-0.05, 0) is 138 Å². The van der Waals surface area contributed by atoms with Crippen molar-refractivity contribution < 1.29 is 65.4 Å². The molecule has 2 aliphatic carbocycles. The van der Waals surface area contributed by atoms with Crippen LogP contribution in [0.5, 0.6) is 0 Å². The van der Waals surface area contributed by atoms with Crippen LogP contribution in [0.3, 0.4) is 0 Å². The maximum absolute atomic E-state index is 13.8. The van der Waals surface area contributed by atoms with E-state index in [0.29, 0.717) is 37.7 Å². The number of amides is 2.